The summed E-state index contributed by atoms with van der Waals surface area (Å²) in [6.45, 7) is 27.4. The maximum atomic E-state index is 15.0. The van der Waals surface area contributed by atoms with Gasteiger partial charge in [0.25, 0.3) is 0 Å². The van der Waals surface area contributed by atoms with Crippen LogP contribution < -0.4 is 29.1 Å². The minimum Gasteiger partial charge on any atom is -0.488 e. The molecule has 0 N–H and O–H groups in total. The number of fused-ring (bicyclic) bond motifs is 3. The molecule has 0 radical (unpaired) electrons. The standard InChI is InChI=1S/C49H46O14/c1-10-17-55-35-25-33-38(40(46(35)58-20-13-4)48(53)60-22-15-6)43(52)32(27-62-33)44(57-19-12-3)30-24-31-42(51)39-34(63-45(31)37(28(30)8)29(9)50)26-36(56-18-11-2)47(59-21-14-5)41(39)49(54)61-23-16-7/h10-16,24-26H,1-7,17-23,27H2,8-9H3/b44-32-. The number of ether oxygens (including phenoxy) is 8. The number of carbonyl (C=O) groups excluding carboxylic acids is 4. The number of hydrogen-bond acceptors (Lipinski definition) is 14. The summed E-state index contributed by atoms with van der Waals surface area (Å²) in [6.07, 6.45) is 9.94. The zero-order valence-corrected chi connectivity index (χ0v) is 35.1. The van der Waals surface area contributed by atoms with Gasteiger partial charge in [-0.05, 0) is 25.5 Å². The average Bonchev–Trinajstić information content (AvgIpc) is 3.27. The molecule has 0 saturated heterocycles. The minimum atomic E-state index is -0.966. The molecular weight excluding hydrogens is 813 g/mol. The fourth-order valence-corrected chi connectivity index (χ4v) is 6.71. The van der Waals surface area contributed by atoms with Gasteiger partial charge in [-0.2, -0.15) is 0 Å². The van der Waals surface area contributed by atoms with Gasteiger partial charge in [0.15, 0.2) is 28.8 Å². The summed E-state index contributed by atoms with van der Waals surface area (Å²) < 4.78 is 53.1. The smallest absolute Gasteiger partial charge is 0.343 e. The van der Waals surface area contributed by atoms with Gasteiger partial charge in [0.05, 0.1) is 27.5 Å². The Kier molecular flexibility index (Phi) is 15.5. The monoisotopic (exact) mass is 858 g/mol. The lowest BCUT2D eigenvalue weighted by Gasteiger charge is -2.26. The fourth-order valence-electron chi connectivity index (χ4n) is 6.71. The molecule has 3 aromatic carbocycles. The average molecular weight is 859 g/mol. The highest BCUT2D eigenvalue weighted by Crippen LogP contribution is 2.45. The van der Waals surface area contributed by atoms with E-state index in [0.29, 0.717) is 0 Å². The molecule has 14 nitrogen and oxygen atoms in total. The lowest BCUT2D eigenvalue weighted by atomic mass is 9.89. The second-order valence-electron chi connectivity index (χ2n) is 13.4. The van der Waals surface area contributed by atoms with Crippen LogP contribution in [0.2, 0.25) is 0 Å². The van der Waals surface area contributed by atoms with Crippen molar-refractivity contribution in [3.8, 4) is 28.7 Å². The molecule has 0 aliphatic carbocycles. The van der Waals surface area contributed by atoms with Crippen LogP contribution in [0.5, 0.6) is 28.7 Å². The third-order valence-electron chi connectivity index (χ3n) is 9.21. The largest absolute Gasteiger partial charge is 0.488 e. The molecule has 1 aliphatic rings. The normalized spacial score (nSPS) is 12.4. The molecule has 0 unspecified atom stereocenters. The molecule has 4 aromatic rings. The first-order valence-electron chi connectivity index (χ1n) is 19.4. The Bertz CT molecular complexity index is 2670. The molecule has 5 rings (SSSR count). The van der Waals surface area contributed by atoms with Crippen molar-refractivity contribution in [2.24, 2.45) is 0 Å². The van der Waals surface area contributed by atoms with Crippen LogP contribution in [-0.2, 0) is 14.2 Å². The van der Waals surface area contributed by atoms with E-state index in [9.17, 15) is 24.0 Å². The van der Waals surface area contributed by atoms with Crippen molar-refractivity contribution < 1.29 is 61.5 Å². The molecule has 2 heterocycles. The van der Waals surface area contributed by atoms with Crippen LogP contribution in [0.15, 0.2) is 122 Å². The Morgan fingerprint density at radius 3 is 1.71 bits per heavy atom. The molecule has 0 bridgehead atoms. The van der Waals surface area contributed by atoms with Gasteiger partial charge < -0.3 is 42.3 Å². The summed E-state index contributed by atoms with van der Waals surface area (Å²) in [7, 11) is 0. The first kappa shape index (κ1) is 46.2. The number of esters is 2. The lowest BCUT2D eigenvalue weighted by Crippen LogP contribution is -2.26. The number of ketones is 2. The van der Waals surface area contributed by atoms with Gasteiger partial charge in [-0.1, -0.05) is 88.6 Å². The summed E-state index contributed by atoms with van der Waals surface area (Å²) in [5.74, 6) is -3.52. The summed E-state index contributed by atoms with van der Waals surface area (Å²) in [5, 5.41) is -0.439. The van der Waals surface area contributed by atoms with Crippen molar-refractivity contribution in [2.75, 3.05) is 52.9 Å². The summed E-state index contributed by atoms with van der Waals surface area (Å²) in [6, 6.07) is 4.15. The van der Waals surface area contributed by atoms with E-state index in [-0.39, 0.29) is 142 Å². The first-order chi connectivity index (χ1) is 30.4. The van der Waals surface area contributed by atoms with Crippen molar-refractivity contribution in [1.29, 1.82) is 0 Å². The van der Waals surface area contributed by atoms with Crippen LogP contribution in [0.25, 0.3) is 27.7 Å². The molecule has 14 heteroatoms. The molecule has 326 valence electrons. The van der Waals surface area contributed by atoms with Crippen LogP contribution in [0.4, 0.5) is 0 Å². The van der Waals surface area contributed by atoms with E-state index in [2.05, 4.69) is 46.1 Å². The number of rotatable bonds is 23. The number of Topliss-reactive ketones (excluding diaryl/α,β-unsaturated/α-hetero) is 2. The van der Waals surface area contributed by atoms with Gasteiger partial charge >= 0.3 is 11.9 Å². The van der Waals surface area contributed by atoms with E-state index in [0.717, 1.165) is 0 Å². The Balaban J connectivity index is 1.91. The number of benzene rings is 3. The number of carbonyl (C=O) groups is 4. The maximum absolute atomic E-state index is 15.0. The zero-order valence-electron chi connectivity index (χ0n) is 35.1. The van der Waals surface area contributed by atoms with Crippen LogP contribution in [0, 0.1) is 6.92 Å². The predicted octanol–water partition coefficient (Wildman–Crippen LogP) is 8.59. The van der Waals surface area contributed by atoms with Crippen molar-refractivity contribution in [3.63, 3.8) is 0 Å². The van der Waals surface area contributed by atoms with Crippen molar-refractivity contribution in [1.82, 2.24) is 0 Å². The summed E-state index contributed by atoms with van der Waals surface area (Å²) in [4.78, 5) is 71.3. The van der Waals surface area contributed by atoms with Gasteiger partial charge in [0.1, 0.15) is 86.7 Å². The topological polar surface area (TPSA) is 172 Å². The maximum Gasteiger partial charge on any atom is 0.343 e. The van der Waals surface area contributed by atoms with E-state index < -0.39 is 35.5 Å². The van der Waals surface area contributed by atoms with E-state index in [1.807, 2.05) is 0 Å². The zero-order chi connectivity index (χ0) is 45.8. The summed E-state index contributed by atoms with van der Waals surface area (Å²) in [5.41, 5.74) is -1.72. The van der Waals surface area contributed by atoms with Gasteiger partial charge in [-0.3, -0.25) is 14.4 Å². The van der Waals surface area contributed by atoms with Crippen molar-refractivity contribution in [3.05, 3.63) is 156 Å². The molecule has 0 fully saturated rings. The Hall–Kier alpha value is -7.87. The Morgan fingerprint density at radius 1 is 0.651 bits per heavy atom. The van der Waals surface area contributed by atoms with Crippen LogP contribution in [0.3, 0.4) is 0 Å². The lowest BCUT2D eigenvalue weighted by molar-refractivity contribution is 0.0534. The van der Waals surface area contributed by atoms with Crippen LogP contribution in [0.1, 0.15) is 59.5 Å². The molecular formula is C49H46O14. The molecule has 0 atom stereocenters. The molecule has 63 heavy (non-hydrogen) atoms. The second-order valence-corrected chi connectivity index (χ2v) is 13.4. The molecule has 0 spiro atoms. The first-order valence-corrected chi connectivity index (χ1v) is 19.4. The minimum absolute atomic E-state index is 0.0108. The van der Waals surface area contributed by atoms with Gasteiger partial charge in [0.2, 0.25) is 11.2 Å². The SMILES string of the molecule is C=CCOC(=O)c1c(OCC=C)c(OCC=C)cc2c1C(=O)/C(=C(\OCC=C)c1cc3c(=O)c4c(C(=O)OCC=C)c(OCC=C)c(OCC=C)cc4oc3c(C(C)=O)c1C)CO2. The van der Waals surface area contributed by atoms with Gasteiger partial charge in [0, 0.05) is 17.7 Å². The van der Waals surface area contributed by atoms with Crippen molar-refractivity contribution in [2.45, 2.75) is 13.8 Å². The van der Waals surface area contributed by atoms with Crippen LogP contribution in [-0.4, -0.2) is 76.4 Å². The quantitative estimate of drug-likeness (QED) is 0.0173. The van der Waals surface area contributed by atoms with Gasteiger partial charge in [-0.25, -0.2) is 9.59 Å². The van der Waals surface area contributed by atoms with E-state index in [1.54, 1.807) is 6.92 Å². The third-order valence-corrected chi connectivity index (χ3v) is 9.21. The highest BCUT2D eigenvalue weighted by atomic mass is 16.6. The third kappa shape index (κ3) is 9.39. The molecule has 1 aliphatic heterocycles. The second kappa shape index (κ2) is 21.1. The molecule has 0 saturated carbocycles. The summed E-state index contributed by atoms with van der Waals surface area (Å²) >= 11 is 0. The van der Waals surface area contributed by atoms with E-state index in [4.69, 9.17) is 42.3 Å². The fraction of sp³-hybridized carbons (Fsp3) is 0.204. The van der Waals surface area contributed by atoms with Crippen LogP contribution >= 0.6 is 0 Å². The Labute approximate surface area is 363 Å². The van der Waals surface area contributed by atoms with Crippen molar-refractivity contribution >= 4 is 51.2 Å². The van der Waals surface area contributed by atoms with E-state index in [1.165, 1.54) is 67.7 Å². The number of hydrogen-bond donors (Lipinski definition) is 0. The predicted molar refractivity (Wildman–Crippen MR) is 238 cm³/mol. The highest BCUT2D eigenvalue weighted by molar-refractivity contribution is 6.21. The highest BCUT2D eigenvalue weighted by Gasteiger charge is 2.38. The van der Waals surface area contributed by atoms with Gasteiger partial charge in [-0.15, -0.1) is 0 Å². The van der Waals surface area contributed by atoms with E-state index >= 15 is 0 Å². The molecule has 0 amide bonds. The molecule has 1 aromatic heterocycles. The Morgan fingerprint density at radius 2 is 1.16 bits per heavy atom.